The lowest BCUT2D eigenvalue weighted by molar-refractivity contribution is -0.150. The zero-order chi connectivity index (χ0) is 44.1. The maximum atomic E-state index is 14.9. The lowest BCUT2D eigenvalue weighted by atomic mass is 9.84. The van der Waals surface area contributed by atoms with Gasteiger partial charge in [0.2, 0.25) is 11.8 Å². The number of aromatic hydroxyl groups is 1. The van der Waals surface area contributed by atoms with Crippen molar-refractivity contribution in [1.29, 1.82) is 0 Å². The van der Waals surface area contributed by atoms with Crippen LogP contribution in [0.15, 0.2) is 29.6 Å². The number of benzene rings is 1. The van der Waals surface area contributed by atoms with Crippen LogP contribution in [0.1, 0.15) is 147 Å². The van der Waals surface area contributed by atoms with E-state index in [1.54, 1.807) is 38.4 Å². The monoisotopic (exact) mass is 842 g/mol. The van der Waals surface area contributed by atoms with Gasteiger partial charge in [0, 0.05) is 43.9 Å². The molecule has 0 unspecified atom stereocenters. The summed E-state index contributed by atoms with van der Waals surface area (Å²) >= 11 is 1.17. The van der Waals surface area contributed by atoms with Crippen LogP contribution in [0.4, 0.5) is 0 Å². The van der Waals surface area contributed by atoms with Gasteiger partial charge >= 0.3 is 11.9 Å². The van der Waals surface area contributed by atoms with Crippen molar-refractivity contribution in [2.45, 2.75) is 156 Å². The first kappa shape index (κ1) is 49.3. The Labute approximate surface area is 355 Å². The fraction of sp³-hybridized carbons (Fsp3) is 0.682. The van der Waals surface area contributed by atoms with E-state index in [2.05, 4.69) is 28.0 Å². The van der Waals surface area contributed by atoms with Crippen molar-refractivity contribution in [3.05, 3.63) is 45.9 Å². The lowest BCUT2D eigenvalue weighted by Gasteiger charge is -2.40. The Kier molecular flexibility index (Phi) is 18.8. The SMILES string of the molecule is CCCCCCN(C(=O)[C@@H](NC(=O)[C@@]1(C)CCCN1NC)[C@@H](C)CC)[C@H](C[C@@H](OC(C)=O)c1nc(C(=O)N[C@@H](Cc2ccc(O)cc2)CC(C)(C)C(=O)O)cs1)C(C)C. The first-order valence-electron chi connectivity index (χ1n) is 21.3. The Balaban J connectivity index is 1.96. The fourth-order valence-electron chi connectivity index (χ4n) is 7.84. The van der Waals surface area contributed by atoms with Gasteiger partial charge in [0.15, 0.2) is 6.10 Å². The second kappa shape index (κ2) is 22.5. The van der Waals surface area contributed by atoms with E-state index in [-0.39, 0.29) is 47.9 Å². The summed E-state index contributed by atoms with van der Waals surface area (Å²) < 4.78 is 5.92. The number of ether oxygens (including phenoxy) is 1. The van der Waals surface area contributed by atoms with Crippen molar-refractivity contribution in [3.63, 3.8) is 0 Å². The van der Waals surface area contributed by atoms with Crippen molar-refractivity contribution in [2.24, 2.45) is 17.3 Å². The average Bonchev–Trinajstić information content (AvgIpc) is 3.83. The van der Waals surface area contributed by atoms with E-state index in [4.69, 9.17) is 4.74 Å². The average molecular weight is 843 g/mol. The number of amides is 3. The Bertz CT molecular complexity index is 1700. The number of carbonyl (C=O) groups is 5. The van der Waals surface area contributed by atoms with Crippen molar-refractivity contribution in [2.75, 3.05) is 20.1 Å². The molecule has 1 aromatic carbocycles. The number of aromatic nitrogens is 1. The molecule has 0 radical (unpaired) electrons. The highest BCUT2D eigenvalue weighted by molar-refractivity contribution is 7.09. The molecule has 1 fully saturated rings. The van der Waals surface area contributed by atoms with Crippen molar-refractivity contribution >= 4 is 41.0 Å². The molecule has 14 nitrogen and oxygen atoms in total. The van der Waals surface area contributed by atoms with Gasteiger partial charge in [-0.2, -0.15) is 0 Å². The van der Waals surface area contributed by atoms with Crippen molar-refractivity contribution < 1.29 is 38.9 Å². The van der Waals surface area contributed by atoms with Crippen molar-refractivity contribution in [1.82, 2.24) is 31.0 Å². The predicted octanol–water partition coefficient (Wildman–Crippen LogP) is 6.64. The fourth-order valence-corrected chi connectivity index (χ4v) is 8.68. The van der Waals surface area contributed by atoms with Crippen LogP contribution in [-0.2, 0) is 30.3 Å². The number of thiazole rings is 1. The molecule has 0 bridgehead atoms. The summed E-state index contributed by atoms with van der Waals surface area (Å²) in [5.74, 6) is -2.55. The molecule has 0 aliphatic carbocycles. The molecule has 0 saturated carbocycles. The number of carbonyl (C=O) groups excluding carboxylic acids is 4. The molecule has 1 aliphatic rings. The second-order valence-electron chi connectivity index (χ2n) is 17.3. The number of hydrogen-bond donors (Lipinski definition) is 5. The maximum absolute atomic E-state index is 14.9. The Morgan fingerprint density at radius 1 is 1.05 bits per heavy atom. The number of hydrogen-bond acceptors (Lipinski definition) is 11. The zero-order valence-electron chi connectivity index (χ0n) is 36.9. The third kappa shape index (κ3) is 13.7. The van der Waals surface area contributed by atoms with E-state index in [0.717, 1.165) is 44.2 Å². The first-order valence-corrected chi connectivity index (χ1v) is 22.2. The summed E-state index contributed by atoms with van der Waals surface area (Å²) in [4.78, 5) is 74.0. The van der Waals surface area contributed by atoms with Crippen LogP contribution in [0.25, 0.3) is 0 Å². The largest absolute Gasteiger partial charge is 0.508 e. The summed E-state index contributed by atoms with van der Waals surface area (Å²) in [5.41, 5.74) is 2.09. The molecule has 3 rings (SSSR count). The van der Waals surface area contributed by atoms with Crippen LogP contribution >= 0.6 is 11.3 Å². The molecule has 2 heterocycles. The standard InChI is InChI=1S/C44H70N6O8S/c1-11-13-14-15-22-49(40(54)37(29(5)12-2)48-41(55)44(9)21-16-23-50(44)45-10)35(28(3)4)25-36(58-30(6)51)39-47-34(27-59-39)38(53)46-32(26-43(7,8)42(56)57)24-31-17-19-33(52)20-18-31/h17-20,27-29,32,35-37,45,52H,11-16,21-26H2,1-10H3,(H,46,53)(H,48,55)(H,56,57)/t29-,32-,35+,36+,37-,44+/m0/s1. The number of nitrogens with one attached hydrogen (secondary N) is 3. The predicted molar refractivity (Wildman–Crippen MR) is 230 cm³/mol. The van der Waals surface area contributed by atoms with Gasteiger partial charge in [-0.1, -0.05) is 72.4 Å². The number of esters is 1. The molecule has 1 aromatic heterocycles. The number of unbranched alkanes of at least 4 members (excludes halogenated alkanes) is 3. The zero-order valence-corrected chi connectivity index (χ0v) is 37.7. The van der Waals surface area contributed by atoms with Crippen LogP contribution in [-0.4, -0.2) is 98.6 Å². The van der Waals surface area contributed by atoms with Gasteiger partial charge in [0.05, 0.1) is 5.41 Å². The van der Waals surface area contributed by atoms with E-state index in [9.17, 15) is 34.2 Å². The Morgan fingerprint density at radius 2 is 1.73 bits per heavy atom. The highest BCUT2D eigenvalue weighted by Crippen LogP contribution is 2.33. The highest BCUT2D eigenvalue weighted by Gasteiger charge is 2.45. The maximum Gasteiger partial charge on any atom is 0.309 e. The molecular formula is C44H70N6O8S. The lowest BCUT2D eigenvalue weighted by Crippen LogP contribution is -2.62. The van der Waals surface area contributed by atoms with E-state index in [1.165, 1.54) is 30.4 Å². The molecule has 3 amide bonds. The van der Waals surface area contributed by atoms with E-state index < -0.39 is 53.0 Å². The Morgan fingerprint density at radius 3 is 2.31 bits per heavy atom. The van der Waals surface area contributed by atoms with Crippen LogP contribution in [0.3, 0.4) is 0 Å². The summed E-state index contributed by atoms with van der Waals surface area (Å²) in [5, 5.41) is 29.7. The number of carboxylic acid groups (broad SMARTS) is 1. The number of phenols is 1. The molecule has 1 aliphatic heterocycles. The van der Waals surface area contributed by atoms with Gasteiger partial charge in [-0.05, 0) is 89.5 Å². The number of rotatable bonds is 24. The summed E-state index contributed by atoms with van der Waals surface area (Å²) in [7, 11) is 1.80. The quantitative estimate of drug-likeness (QED) is 0.0563. The molecule has 6 atom stereocenters. The minimum absolute atomic E-state index is 0.0791. The van der Waals surface area contributed by atoms with E-state index >= 15 is 0 Å². The van der Waals surface area contributed by atoms with Gasteiger partial charge in [-0.15, -0.1) is 11.3 Å². The topological polar surface area (TPSA) is 190 Å². The minimum Gasteiger partial charge on any atom is -0.508 e. The van der Waals surface area contributed by atoms with Gasteiger partial charge < -0.3 is 30.5 Å². The molecule has 59 heavy (non-hydrogen) atoms. The number of carboxylic acids is 1. The summed E-state index contributed by atoms with van der Waals surface area (Å²) in [6.45, 7) is 17.8. The van der Waals surface area contributed by atoms with E-state index in [0.29, 0.717) is 30.8 Å². The first-order chi connectivity index (χ1) is 27.8. The second-order valence-corrected chi connectivity index (χ2v) is 18.2. The van der Waals surface area contributed by atoms with Crippen molar-refractivity contribution in [3.8, 4) is 5.75 Å². The number of hydrazine groups is 1. The minimum atomic E-state index is -1.15. The van der Waals surface area contributed by atoms with Gasteiger partial charge in [0.25, 0.3) is 5.91 Å². The molecular weight excluding hydrogens is 773 g/mol. The number of nitrogens with zero attached hydrogens (tertiary/aromatic N) is 3. The molecule has 0 spiro atoms. The van der Waals surface area contributed by atoms with Gasteiger partial charge in [-0.25, -0.2) is 9.99 Å². The molecule has 5 N–H and O–H groups in total. The normalized spacial score (nSPS) is 18.4. The third-order valence-corrected chi connectivity index (χ3v) is 12.7. The van der Waals surface area contributed by atoms with Crippen LogP contribution in [0.5, 0.6) is 5.75 Å². The van der Waals surface area contributed by atoms with Gasteiger partial charge in [0.1, 0.15) is 28.0 Å². The highest BCUT2D eigenvalue weighted by atomic mass is 32.1. The molecule has 2 aromatic rings. The molecule has 1 saturated heterocycles. The molecule has 15 heteroatoms. The summed E-state index contributed by atoms with van der Waals surface area (Å²) in [6.07, 6.45) is 5.70. The molecule has 330 valence electrons. The smallest absolute Gasteiger partial charge is 0.309 e. The van der Waals surface area contributed by atoms with E-state index in [1.807, 2.05) is 44.5 Å². The van der Waals surface area contributed by atoms with Crippen LogP contribution in [0.2, 0.25) is 0 Å². The van der Waals surface area contributed by atoms with Crippen LogP contribution < -0.4 is 16.1 Å². The number of phenolic OH excluding ortho intramolecular Hbond substituents is 1. The van der Waals surface area contributed by atoms with Crippen LogP contribution in [0, 0.1) is 17.3 Å². The summed E-state index contributed by atoms with van der Waals surface area (Å²) in [6, 6.07) is 4.75. The Hall–Kier alpha value is -4.08. The number of aliphatic carboxylic acids is 1. The van der Waals surface area contributed by atoms with Gasteiger partial charge in [-0.3, -0.25) is 29.4 Å². The third-order valence-electron chi connectivity index (χ3n) is 11.8.